The first-order valence-electron chi connectivity index (χ1n) is 9.97. The number of rotatable bonds is 6. The van der Waals surface area contributed by atoms with E-state index in [2.05, 4.69) is 20.8 Å². The first-order chi connectivity index (χ1) is 12.9. The predicted octanol–water partition coefficient (Wildman–Crippen LogP) is 6.37. The molecule has 3 rings (SSSR count). The minimum Gasteiger partial charge on any atom is -0.421 e. The molecule has 0 spiro atoms. The highest BCUT2D eigenvalue weighted by Crippen LogP contribution is 2.52. The molecule has 0 radical (unpaired) electrons. The smallest absolute Gasteiger partial charge is 0.411 e. The first-order valence-corrected chi connectivity index (χ1v) is 11.5. The molecular weight excluding hydrogens is 355 g/mol. The highest BCUT2D eigenvalue weighted by molar-refractivity contribution is 7.62. The summed E-state index contributed by atoms with van der Waals surface area (Å²) in [6, 6.07) is 17.0. The second-order valence-corrected chi connectivity index (χ2v) is 10.1. The average Bonchev–Trinajstić information content (AvgIpc) is 2.62. The van der Waals surface area contributed by atoms with Crippen LogP contribution >= 0.6 is 7.60 Å². The van der Waals surface area contributed by atoms with E-state index in [9.17, 15) is 4.57 Å². The average molecular weight is 386 g/mol. The third-order valence-electron chi connectivity index (χ3n) is 5.52. The lowest BCUT2D eigenvalue weighted by molar-refractivity contribution is 0.0414. The highest BCUT2D eigenvalue weighted by Gasteiger charge is 2.39. The fourth-order valence-corrected chi connectivity index (χ4v) is 5.77. The fourth-order valence-electron chi connectivity index (χ4n) is 3.97. The van der Waals surface area contributed by atoms with Gasteiger partial charge >= 0.3 is 7.60 Å². The van der Waals surface area contributed by atoms with Crippen LogP contribution in [0.5, 0.6) is 5.75 Å². The van der Waals surface area contributed by atoms with E-state index in [0.29, 0.717) is 28.8 Å². The van der Waals surface area contributed by atoms with Crippen molar-refractivity contribution in [3.05, 3.63) is 60.2 Å². The highest BCUT2D eigenvalue weighted by atomic mass is 31.2. The summed E-state index contributed by atoms with van der Waals surface area (Å²) in [5, 5.41) is 0.618. The van der Waals surface area contributed by atoms with E-state index in [-0.39, 0.29) is 6.10 Å². The second-order valence-electron chi connectivity index (χ2n) is 8.21. The van der Waals surface area contributed by atoms with Crippen molar-refractivity contribution in [1.29, 1.82) is 0 Å². The molecule has 4 atom stereocenters. The van der Waals surface area contributed by atoms with Crippen LogP contribution in [0.25, 0.3) is 0 Å². The zero-order chi connectivity index (χ0) is 19.4. The van der Waals surface area contributed by atoms with Crippen LogP contribution in [0.3, 0.4) is 0 Å². The Balaban J connectivity index is 1.93. The zero-order valence-electron chi connectivity index (χ0n) is 16.8. The van der Waals surface area contributed by atoms with E-state index >= 15 is 0 Å². The molecule has 2 aromatic carbocycles. The van der Waals surface area contributed by atoms with Crippen molar-refractivity contribution < 1.29 is 13.6 Å². The van der Waals surface area contributed by atoms with Crippen LogP contribution in [0, 0.1) is 24.7 Å². The molecule has 0 N–H and O–H groups in total. The van der Waals surface area contributed by atoms with Crippen LogP contribution in [0.1, 0.15) is 45.6 Å². The molecule has 2 aromatic rings. The Kier molecular flexibility index (Phi) is 6.44. The Morgan fingerprint density at radius 3 is 2.44 bits per heavy atom. The molecule has 0 amide bonds. The number of hydrogen-bond acceptors (Lipinski definition) is 3. The maximum Gasteiger partial charge on any atom is 0.411 e. The van der Waals surface area contributed by atoms with Crippen molar-refractivity contribution in [2.24, 2.45) is 17.8 Å². The van der Waals surface area contributed by atoms with Crippen molar-refractivity contribution in [2.75, 3.05) is 0 Å². The largest absolute Gasteiger partial charge is 0.421 e. The molecule has 1 saturated carbocycles. The number of aryl methyl sites for hydroxylation is 1. The second kappa shape index (κ2) is 8.63. The van der Waals surface area contributed by atoms with Gasteiger partial charge in [0, 0.05) is 0 Å². The molecule has 4 heteroatoms. The minimum absolute atomic E-state index is 0.0513. The Labute approximate surface area is 163 Å². The maximum absolute atomic E-state index is 14.0. The number of benzene rings is 2. The SMILES string of the molecule is Cc1cccc(O[P@](=O)(O[C@@H]2C[C@H](C)CC[C@H]2C(C)C)c2ccccc2)c1. The standard InChI is InChI=1S/C23H31O3P/c1-17(2)22-14-13-19(4)16-23(22)26-27(24,21-11-6-5-7-12-21)25-20-10-8-9-18(3)15-20/h5-12,15,17,19,22-23H,13-14,16H2,1-4H3/t19-,22+,23-,27+/m1/s1. The molecule has 0 aliphatic heterocycles. The van der Waals surface area contributed by atoms with E-state index in [1.165, 1.54) is 6.42 Å². The lowest BCUT2D eigenvalue weighted by Crippen LogP contribution is -2.35. The molecule has 0 heterocycles. The van der Waals surface area contributed by atoms with Gasteiger partial charge in [-0.25, -0.2) is 4.57 Å². The van der Waals surface area contributed by atoms with Crippen LogP contribution in [-0.2, 0) is 9.09 Å². The van der Waals surface area contributed by atoms with Crippen molar-refractivity contribution in [3.63, 3.8) is 0 Å². The Hall–Kier alpha value is -1.57. The van der Waals surface area contributed by atoms with Crippen LogP contribution in [0.2, 0.25) is 0 Å². The molecule has 3 nitrogen and oxygen atoms in total. The van der Waals surface area contributed by atoms with Gasteiger partial charge in [-0.15, -0.1) is 0 Å². The van der Waals surface area contributed by atoms with E-state index in [4.69, 9.17) is 9.05 Å². The van der Waals surface area contributed by atoms with Crippen molar-refractivity contribution >= 4 is 12.9 Å². The van der Waals surface area contributed by atoms with E-state index in [1.807, 2.05) is 61.5 Å². The monoisotopic (exact) mass is 386 g/mol. The third kappa shape index (κ3) is 5.03. The number of hydrogen-bond donors (Lipinski definition) is 0. The lowest BCUT2D eigenvalue weighted by atomic mass is 9.75. The van der Waals surface area contributed by atoms with Gasteiger partial charge in [0.1, 0.15) is 5.75 Å². The molecule has 1 fully saturated rings. The van der Waals surface area contributed by atoms with Gasteiger partial charge < -0.3 is 4.52 Å². The van der Waals surface area contributed by atoms with Crippen LogP contribution in [-0.4, -0.2) is 6.10 Å². The summed E-state index contributed by atoms with van der Waals surface area (Å²) < 4.78 is 26.4. The van der Waals surface area contributed by atoms with E-state index < -0.39 is 7.60 Å². The lowest BCUT2D eigenvalue weighted by Gasteiger charge is -2.38. The van der Waals surface area contributed by atoms with Gasteiger partial charge in [0.15, 0.2) is 0 Å². The van der Waals surface area contributed by atoms with Gasteiger partial charge in [-0.05, 0) is 67.3 Å². The molecule has 146 valence electrons. The summed E-state index contributed by atoms with van der Waals surface area (Å²) in [6.45, 7) is 8.71. The van der Waals surface area contributed by atoms with Crippen LogP contribution in [0.4, 0.5) is 0 Å². The van der Waals surface area contributed by atoms with Gasteiger partial charge in [0.05, 0.1) is 11.4 Å². The van der Waals surface area contributed by atoms with Gasteiger partial charge in [-0.2, -0.15) is 0 Å². The third-order valence-corrected chi connectivity index (χ3v) is 7.45. The Morgan fingerprint density at radius 2 is 1.78 bits per heavy atom. The van der Waals surface area contributed by atoms with Crippen LogP contribution < -0.4 is 9.83 Å². The summed E-state index contributed by atoms with van der Waals surface area (Å²) in [7, 11) is -3.49. The summed E-state index contributed by atoms with van der Waals surface area (Å²) >= 11 is 0. The van der Waals surface area contributed by atoms with Gasteiger partial charge in [0.2, 0.25) is 0 Å². The molecule has 0 bridgehead atoms. The first kappa shape index (κ1) is 20.2. The topological polar surface area (TPSA) is 35.5 Å². The minimum atomic E-state index is -3.49. The van der Waals surface area contributed by atoms with Gasteiger partial charge in [-0.1, -0.05) is 57.5 Å². The molecule has 0 aromatic heterocycles. The quantitative estimate of drug-likeness (QED) is 0.541. The van der Waals surface area contributed by atoms with Crippen molar-refractivity contribution in [1.82, 2.24) is 0 Å². The summed E-state index contributed by atoms with van der Waals surface area (Å²) in [5.74, 6) is 2.06. The van der Waals surface area contributed by atoms with E-state index in [0.717, 1.165) is 18.4 Å². The fraction of sp³-hybridized carbons (Fsp3) is 0.478. The van der Waals surface area contributed by atoms with Gasteiger partial charge in [0.25, 0.3) is 0 Å². The van der Waals surface area contributed by atoms with E-state index in [1.54, 1.807) is 0 Å². The molecule has 0 saturated heterocycles. The Morgan fingerprint density at radius 1 is 1.04 bits per heavy atom. The molecule has 27 heavy (non-hydrogen) atoms. The van der Waals surface area contributed by atoms with Crippen molar-refractivity contribution in [3.8, 4) is 5.75 Å². The molecular formula is C23H31O3P. The maximum atomic E-state index is 14.0. The Bertz CT molecular complexity index is 787. The van der Waals surface area contributed by atoms with Gasteiger partial charge in [-0.3, -0.25) is 4.52 Å². The molecule has 1 aliphatic carbocycles. The summed E-state index contributed by atoms with van der Waals surface area (Å²) in [6.07, 6.45) is 3.20. The predicted molar refractivity (Wildman–Crippen MR) is 112 cm³/mol. The summed E-state index contributed by atoms with van der Waals surface area (Å²) in [5.41, 5.74) is 1.07. The normalized spacial score (nSPS) is 25.1. The van der Waals surface area contributed by atoms with Crippen LogP contribution in [0.15, 0.2) is 54.6 Å². The van der Waals surface area contributed by atoms with Crippen molar-refractivity contribution in [2.45, 2.75) is 53.1 Å². The summed E-state index contributed by atoms with van der Waals surface area (Å²) in [4.78, 5) is 0. The molecule has 1 aliphatic rings. The zero-order valence-corrected chi connectivity index (χ0v) is 17.7. The molecule has 0 unspecified atom stereocenters.